The average molecular weight is 1120 g/mol. The smallest absolute Gasteiger partial charge is 0.0740 e. The molecule has 88 heavy (non-hydrogen) atoms. The number of fused-ring (bicyclic) bond motifs is 16. The Morgan fingerprint density at radius 3 is 0.852 bits per heavy atom. The molecule has 0 saturated heterocycles. The van der Waals surface area contributed by atoms with Crippen LogP contribution in [0.3, 0.4) is 0 Å². The summed E-state index contributed by atoms with van der Waals surface area (Å²) < 4.78 is 0. The summed E-state index contributed by atoms with van der Waals surface area (Å²) in [6, 6.07) is 131. The summed E-state index contributed by atoms with van der Waals surface area (Å²) in [5, 5.41) is 0. The molecule has 2 heteroatoms. The molecule has 0 fully saturated rings. The molecule has 0 unspecified atom stereocenters. The second-order valence-electron chi connectivity index (χ2n) is 23.4. The Kier molecular flexibility index (Phi) is 12.0. The van der Waals surface area contributed by atoms with Gasteiger partial charge in [-0.3, -0.25) is 0 Å². The predicted molar refractivity (Wildman–Crippen MR) is 366 cm³/mol. The molecule has 0 bridgehead atoms. The van der Waals surface area contributed by atoms with E-state index in [0.29, 0.717) is 0 Å². The standard InChI is InChI=1S/C86H58N2/c1-5-23-59(24-6-1)63-43-51-67(52-44-63)87(68-53-45-64(46-54-68)60-25-7-2-8-26-60)81-41-22-40-80-83(81)73-32-14-16-35-75(73)85(80)76-36-17-19-38-78(76)86(79-39-20-18-37-77(79)85)74-34-15-13-31-71(74)72-33-21-42-82(84(72)86)88(69-55-47-65(48-56-69)61-27-9-3-10-28-61)70-57-49-66(50-58-70)62-29-11-4-12-30-62/h1-58H. The molecule has 2 nitrogen and oxygen atoms in total. The Bertz CT molecular complexity index is 4710. The minimum atomic E-state index is -0.754. The summed E-state index contributed by atoms with van der Waals surface area (Å²) in [7, 11) is 0. The van der Waals surface area contributed by atoms with Crippen LogP contribution < -0.4 is 9.80 Å². The van der Waals surface area contributed by atoms with Gasteiger partial charge >= 0.3 is 0 Å². The van der Waals surface area contributed by atoms with Gasteiger partial charge in [0.15, 0.2) is 0 Å². The average Bonchev–Trinajstić information content (AvgIpc) is 1.42. The van der Waals surface area contributed by atoms with Crippen molar-refractivity contribution >= 4 is 34.1 Å². The highest BCUT2D eigenvalue weighted by Gasteiger charge is 2.60. The van der Waals surface area contributed by atoms with Crippen LogP contribution in [-0.2, 0) is 10.8 Å². The van der Waals surface area contributed by atoms with Crippen LogP contribution >= 0.6 is 0 Å². The van der Waals surface area contributed by atoms with E-state index in [2.05, 4.69) is 362 Å². The quantitative estimate of drug-likeness (QED) is 0.135. The maximum absolute atomic E-state index is 2.52. The SMILES string of the molecule is c1ccc(-c2ccc(N(c3ccc(-c4ccccc4)cc3)c3cccc4c3-c3ccccc3C43c4ccccc4C4(c5ccccc5-c5cccc(N(c6ccc(-c7ccccc7)cc6)c6ccc(-c7ccccc7)cc6)c54)c4ccccc43)cc2)cc1. The first kappa shape index (κ1) is 51.1. The van der Waals surface area contributed by atoms with Crippen molar-refractivity contribution in [3.63, 3.8) is 0 Å². The zero-order valence-electron chi connectivity index (χ0n) is 48.4. The maximum Gasteiger partial charge on any atom is 0.0740 e. The van der Waals surface area contributed by atoms with Crippen LogP contribution in [0.15, 0.2) is 352 Å². The van der Waals surface area contributed by atoms with Crippen LogP contribution in [0.5, 0.6) is 0 Å². The van der Waals surface area contributed by atoms with E-state index in [1.165, 1.54) is 111 Å². The molecule has 17 rings (SSSR count). The summed E-state index contributed by atoms with van der Waals surface area (Å²) in [6.45, 7) is 0. The molecule has 0 amide bonds. The predicted octanol–water partition coefficient (Wildman–Crippen LogP) is 22.3. The number of rotatable bonds is 10. The Hall–Kier alpha value is -11.3. The first-order valence-electron chi connectivity index (χ1n) is 30.6. The molecule has 3 aliphatic carbocycles. The zero-order chi connectivity index (χ0) is 58.2. The van der Waals surface area contributed by atoms with Gasteiger partial charge in [-0.15, -0.1) is 0 Å². The zero-order valence-corrected chi connectivity index (χ0v) is 48.4. The molecule has 2 spiro atoms. The Labute approximate surface area is 514 Å². The molecule has 14 aromatic rings. The number of benzene rings is 14. The largest absolute Gasteiger partial charge is 0.310 e. The monoisotopic (exact) mass is 1120 g/mol. The number of hydrogen-bond acceptors (Lipinski definition) is 2. The molecule has 0 heterocycles. The third-order valence-corrected chi connectivity index (χ3v) is 19.0. The number of nitrogens with zero attached hydrogens (tertiary/aromatic N) is 2. The van der Waals surface area contributed by atoms with Gasteiger partial charge in [0, 0.05) is 33.9 Å². The fraction of sp³-hybridized carbons (Fsp3) is 0.0233. The van der Waals surface area contributed by atoms with Crippen molar-refractivity contribution in [3.8, 4) is 66.8 Å². The highest BCUT2D eigenvalue weighted by atomic mass is 15.2. The molecule has 0 radical (unpaired) electrons. The molecule has 0 aromatic heterocycles. The highest BCUT2D eigenvalue weighted by Crippen LogP contribution is 2.70. The summed E-state index contributed by atoms with van der Waals surface area (Å²) in [4.78, 5) is 5.01. The van der Waals surface area contributed by atoms with Crippen LogP contribution in [0.25, 0.3) is 66.8 Å². The van der Waals surface area contributed by atoms with Gasteiger partial charge in [-0.2, -0.15) is 0 Å². The topological polar surface area (TPSA) is 6.48 Å². The maximum atomic E-state index is 2.52. The van der Waals surface area contributed by atoms with Crippen molar-refractivity contribution in [2.24, 2.45) is 0 Å². The van der Waals surface area contributed by atoms with E-state index in [1.807, 2.05) is 0 Å². The number of anilines is 6. The van der Waals surface area contributed by atoms with Gasteiger partial charge in [0.25, 0.3) is 0 Å². The van der Waals surface area contributed by atoms with Crippen LogP contribution in [-0.4, -0.2) is 0 Å². The van der Waals surface area contributed by atoms with Gasteiger partial charge in [0.1, 0.15) is 0 Å². The first-order chi connectivity index (χ1) is 43.7. The van der Waals surface area contributed by atoms with Crippen molar-refractivity contribution in [3.05, 3.63) is 396 Å². The second-order valence-corrected chi connectivity index (χ2v) is 23.4. The van der Waals surface area contributed by atoms with Gasteiger partial charge in [0.05, 0.1) is 22.2 Å². The molecule has 14 aromatic carbocycles. The minimum Gasteiger partial charge on any atom is -0.310 e. The van der Waals surface area contributed by atoms with E-state index in [0.717, 1.165) is 34.1 Å². The molecule has 0 N–H and O–H groups in total. The van der Waals surface area contributed by atoms with Gasteiger partial charge in [-0.25, -0.2) is 0 Å². The Balaban J connectivity index is 0.905. The summed E-state index contributed by atoms with van der Waals surface area (Å²) in [5.74, 6) is 0. The van der Waals surface area contributed by atoms with Crippen molar-refractivity contribution in [1.82, 2.24) is 0 Å². The third kappa shape index (κ3) is 7.75. The van der Waals surface area contributed by atoms with Crippen molar-refractivity contribution in [1.29, 1.82) is 0 Å². The summed E-state index contributed by atoms with van der Waals surface area (Å²) in [5.41, 5.74) is 29.8. The van der Waals surface area contributed by atoms with E-state index in [-0.39, 0.29) is 0 Å². The van der Waals surface area contributed by atoms with Crippen LogP contribution in [0.2, 0.25) is 0 Å². The molecular weight excluding hydrogens is 1060 g/mol. The lowest BCUT2D eigenvalue weighted by Gasteiger charge is -2.49. The highest BCUT2D eigenvalue weighted by molar-refractivity contribution is 6.02. The second kappa shape index (κ2) is 20.7. The lowest BCUT2D eigenvalue weighted by molar-refractivity contribution is 0.633. The minimum absolute atomic E-state index is 0.715. The van der Waals surface area contributed by atoms with E-state index in [9.17, 15) is 0 Å². The lowest BCUT2D eigenvalue weighted by Crippen LogP contribution is -2.44. The van der Waals surface area contributed by atoms with Gasteiger partial charge in [0.2, 0.25) is 0 Å². The molecule has 0 aliphatic heterocycles. The van der Waals surface area contributed by atoms with E-state index < -0.39 is 10.8 Å². The third-order valence-electron chi connectivity index (χ3n) is 19.0. The van der Waals surface area contributed by atoms with Crippen molar-refractivity contribution in [2.75, 3.05) is 9.80 Å². The van der Waals surface area contributed by atoms with E-state index in [1.54, 1.807) is 0 Å². The fourth-order valence-corrected chi connectivity index (χ4v) is 15.3. The fourth-order valence-electron chi connectivity index (χ4n) is 15.3. The van der Waals surface area contributed by atoms with E-state index in [4.69, 9.17) is 0 Å². The molecule has 412 valence electrons. The molecule has 3 aliphatic rings. The van der Waals surface area contributed by atoms with Crippen molar-refractivity contribution in [2.45, 2.75) is 10.8 Å². The van der Waals surface area contributed by atoms with Gasteiger partial charge in [-0.1, -0.05) is 291 Å². The van der Waals surface area contributed by atoms with Crippen LogP contribution in [0, 0.1) is 0 Å². The van der Waals surface area contributed by atoms with E-state index >= 15 is 0 Å². The van der Waals surface area contributed by atoms with Crippen molar-refractivity contribution < 1.29 is 0 Å². The molecule has 0 saturated carbocycles. The van der Waals surface area contributed by atoms with Gasteiger partial charge < -0.3 is 9.80 Å². The first-order valence-corrected chi connectivity index (χ1v) is 30.6. The van der Waals surface area contributed by atoms with Crippen LogP contribution in [0.1, 0.15) is 44.5 Å². The number of hydrogen-bond donors (Lipinski definition) is 0. The lowest BCUT2D eigenvalue weighted by atomic mass is 9.52. The molecular formula is C86H58N2. The Morgan fingerprint density at radius 2 is 0.443 bits per heavy atom. The van der Waals surface area contributed by atoms with Gasteiger partial charge in [-0.05, 0) is 161 Å². The summed E-state index contributed by atoms with van der Waals surface area (Å²) in [6.07, 6.45) is 0. The van der Waals surface area contributed by atoms with Crippen LogP contribution in [0.4, 0.5) is 34.1 Å². The normalized spacial score (nSPS) is 15.4. The Morgan fingerprint density at radius 1 is 0.170 bits per heavy atom. The summed E-state index contributed by atoms with van der Waals surface area (Å²) >= 11 is 0. The molecule has 0 atom stereocenters.